The minimum atomic E-state index is -3.68. The highest BCUT2D eigenvalue weighted by molar-refractivity contribution is 7.93. The van der Waals surface area contributed by atoms with Crippen molar-refractivity contribution in [1.82, 2.24) is 14.5 Å². The average Bonchev–Trinajstić information content (AvgIpc) is 3.39. The van der Waals surface area contributed by atoms with Gasteiger partial charge < -0.3 is 14.4 Å². The number of amidine groups is 1. The number of aromatic nitrogens is 2. The Morgan fingerprint density at radius 1 is 1.16 bits per heavy atom. The number of nitrogens with zero attached hydrogens (tertiary/aromatic N) is 5. The maximum Gasteiger partial charge on any atom is 0.255 e. The van der Waals surface area contributed by atoms with Crippen molar-refractivity contribution in [2.75, 3.05) is 36.8 Å². The lowest BCUT2D eigenvalue weighted by Crippen LogP contribution is -2.41. The number of nitrogens with one attached hydrogen (secondary N) is 1. The molecule has 2 aliphatic heterocycles. The van der Waals surface area contributed by atoms with Crippen LogP contribution < -0.4 is 9.62 Å². The normalized spacial score (nSPS) is 18.6. The monoisotopic (exact) mass is 438 g/mol. The lowest BCUT2D eigenvalue weighted by Gasteiger charge is -2.22. The highest BCUT2D eigenvalue weighted by Crippen LogP contribution is 2.38. The number of aryl methyl sites for hydroxylation is 1. The lowest BCUT2D eigenvalue weighted by atomic mass is 10.0. The van der Waals surface area contributed by atoms with Crippen LogP contribution in [-0.4, -0.2) is 61.3 Å². The largest absolute Gasteiger partial charge is 0.374 e. The second kappa shape index (κ2) is 6.98. The van der Waals surface area contributed by atoms with Crippen LogP contribution in [0.25, 0.3) is 22.2 Å². The zero-order valence-corrected chi connectivity index (χ0v) is 18.9. The SMILES string of the molecule is CC1=NCC(S(=O)(=O)Nc2ccnc3c2c(-c2ccc4c(c2)N(C)CC4)cn3C)N1C. The molecule has 3 aromatic rings. The van der Waals surface area contributed by atoms with Gasteiger partial charge >= 0.3 is 0 Å². The third-order valence-electron chi connectivity index (χ3n) is 6.41. The minimum absolute atomic E-state index is 0.227. The number of rotatable bonds is 4. The Bertz CT molecular complexity index is 1330. The van der Waals surface area contributed by atoms with E-state index in [0.717, 1.165) is 41.0 Å². The maximum atomic E-state index is 13.2. The molecule has 0 bridgehead atoms. The van der Waals surface area contributed by atoms with Crippen LogP contribution in [0.2, 0.25) is 0 Å². The van der Waals surface area contributed by atoms with Gasteiger partial charge in [0.05, 0.1) is 23.5 Å². The van der Waals surface area contributed by atoms with E-state index in [9.17, 15) is 8.42 Å². The molecule has 0 fully saturated rings. The third-order valence-corrected chi connectivity index (χ3v) is 8.10. The predicted octanol–water partition coefficient (Wildman–Crippen LogP) is 2.66. The van der Waals surface area contributed by atoms with E-state index in [0.29, 0.717) is 5.69 Å². The zero-order chi connectivity index (χ0) is 21.9. The number of pyridine rings is 1. The summed E-state index contributed by atoms with van der Waals surface area (Å²) < 4.78 is 31.2. The molecule has 0 saturated heterocycles. The Morgan fingerprint density at radius 3 is 2.71 bits per heavy atom. The van der Waals surface area contributed by atoms with E-state index in [1.165, 1.54) is 11.3 Å². The molecule has 1 N–H and O–H groups in total. The Labute approximate surface area is 182 Å². The van der Waals surface area contributed by atoms with Crippen molar-refractivity contribution >= 4 is 38.3 Å². The standard InChI is InChI=1S/C22H26N6O2S/c1-14-24-12-20(28(14)4)31(29,30)25-18-7-9-23-22-21(18)17(13-27(22)3)16-6-5-15-8-10-26(2)19(15)11-16/h5-7,9,11,13,20H,8,10,12H2,1-4H3,(H,23,25). The first kappa shape index (κ1) is 19.9. The summed E-state index contributed by atoms with van der Waals surface area (Å²) in [6.45, 7) is 3.06. The van der Waals surface area contributed by atoms with Crippen LogP contribution in [-0.2, 0) is 23.5 Å². The second-order valence-electron chi connectivity index (χ2n) is 8.33. The Balaban J connectivity index is 1.61. The molecule has 0 radical (unpaired) electrons. The highest BCUT2D eigenvalue weighted by Gasteiger charge is 2.34. The topological polar surface area (TPSA) is 82.8 Å². The summed E-state index contributed by atoms with van der Waals surface area (Å²) in [5.41, 5.74) is 5.83. The van der Waals surface area contributed by atoms with Gasteiger partial charge in [-0.05, 0) is 36.6 Å². The van der Waals surface area contributed by atoms with Gasteiger partial charge in [0.1, 0.15) is 5.65 Å². The number of fused-ring (bicyclic) bond motifs is 2. The van der Waals surface area contributed by atoms with Crippen LogP contribution in [0, 0.1) is 0 Å². The predicted molar refractivity (Wildman–Crippen MR) is 125 cm³/mol. The van der Waals surface area contributed by atoms with Crippen molar-refractivity contribution in [3.05, 3.63) is 42.2 Å². The fourth-order valence-electron chi connectivity index (χ4n) is 4.49. The van der Waals surface area contributed by atoms with Crippen molar-refractivity contribution in [2.24, 2.45) is 12.0 Å². The van der Waals surface area contributed by atoms with E-state index in [1.807, 2.05) is 24.7 Å². The summed E-state index contributed by atoms with van der Waals surface area (Å²) in [5, 5.41) is 0.0731. The van der Waals surface area contributed by atoms with Crippen LogP contribution in [0.1, 0.15) is 12.5 Å². The van der Waals surface area contributed by atoms with Crippen molar-refractivity contribution in [3.63, 3.8) is 0 Å². The number of aliphatic imine (C=N–C) groups is 1. The smallest absolute Gasteiger partial charge is 0.255 e. The molecule has 31 heavy (non-hydrogen) atoms. The third kappa shape index (κ3) is 3.15. The fraction of sp³-hybridized carbons (Fsp3) is 0.364. The number of sulfonamides is 1. The fourth-order valence-corrected chi connectivity index (χ4v) is 5.95. The van der Waals surface area contributed by atoms with Crippen LogP contribution in [0.4, 0.5) is 11.4 Å². The van der Waals surface area contributed by atoms with Gasteiger partial charge in [0.2, 0.25) is 0 Å². The summed E-state index contributed by atoms with van der Waals surface area (Å²) in [5.74, 6) is 0.720. The maximum absolute atomic E-state index is 13.2. The van der Waals surface area contributed by atoms with Gasteiger partial charge in [-0.15, -0.1) is 0 Å². The summed E-state index contributed by atoms with van der Waals surface area (Å²) >= 11 is 0. The summed E-state index contributed by atoms with van der Waals surface area (Å²) in [6.07, 6.45) is 4.70. The molecule has 1 atom stereocenters. The zero-order valence-electron chi connectivity index (χ0n) is 18.1. The van der Waals surface area contributed by atoms with Gasteiger partial charge in [-0.3, -0.25) is 9.71 Å². The average molecular weight is 439 g/mol. The van der Waals surface area contributed by atoms with Crippen molar-refractivity contribution in [3.8, 4) is 11.1 Å². The molecule has 162 valence electrons. The Morgan fingerprint density at radius 2 is 1.97 bits per heavy atom. The van der Waals surface area contributed by atoms with Crippen LogP contribution >= 0.6 is 0 Å². The summed E-state index contributed by atoms with van der Waals surface area (Å²) in [4.78, 5) is 12.7. The number of likely N-dealkylation sites (N-methyl/N-ethyl adjacent to an activating group) is 2. The van der Waals surface area contributed by atoms with Crippen LogP contribution in [0.3, 0.4) is 0 Å². The number of benzene rings is 1. The Kier molecular flexibility index (Phi) is 4.47. The number of hydrogen-bond acceptors (Lipinski definition) is 6. The molecule has 1 unspecified atom stereocenters. The van der Waals surface area contributed by atoms with E-state index >= 15 is 0 Å². The molecular weight excluding hydrogens is 412 g/mol. The van der Waals surface area contributed by atoms with E-state index in [2.05, 4.69) is 44.8 Å². The molecule has 5 rings (SSSR count). The second-order valence-corrected chi connectivity index (χ2v) is 10.2. The highest BCUT2D eigenvalue weighted by atomic mass is 32.2. The molecule has 0 amide bonds. The molecule has 2 aliphatic rings. The molecule has 9 heteroatoms. The van der Waals surface area contributed by atoms with Gasteiger partial charge in [-0.25, -0.2) is 13.4 Å². The van der Waals surface area contributed by atoms with E-state index < -0.39 is 15.4 Å². The quantitative estimate of drug-likeness (QED) is 0.677. The molecule has 0 saturated carbocycles. The minimum Gasteiger partial charge on any atom is -0.374 e. The van der Waals surface area contributed by atoms with E-state index in [4.69, 9.17) is 0 Å². The molecule has 1 aromatic carbocycles. The van der Waals surface area contributed by atoms with E-state index in [-0.39, 0.29) is 6.54 Å². The van der Waals surface area contributed by atoms with Gasteiger partial charge in [0.15, 0.2) is 5.37 Å². The first-order valence-electron chi connectivity index (χ1n) is 10.3. The molecule has 0 aliphatic carbocycles. The summed E-state index contributed by atoms with van der Waals surface area (Å²) in [6, 6.07) is 8.19. The molecule has 4 heterocycles. The summed E-state index contributed by atoms with van der Waals surface area (Å²) in [7, 11) is 2.11. The molecule has 2 aromatic heterocycles. The van der Waals surface area contributed by atoms with Crippen molar-refractivity contribution in [2.45, 2.75) is 18.7 Å². The molecular formula is C22H26N6O2S. The molecule has 0 spiro atoms. The lowest BCUT2D eigenvalue weighted by molar-refractivity contribution is 0.475. The van der Waals surface area contributed by atoms with Gasteiger partial charge in [0, 0.05) is 51.3 Å². The Hall–Kier alpha value is -3.07. The number of hydrogen-bond donors (Lipinski definition) is 1. The molecule has 8 nitrogen and oxygen atoms in total. The van der Waals surface area contributed by atoms with Gasteiger partial charge in [-0.1, -0.05) is 12.1 Å². The van der Waals surface area contributed by atoms with Crippen molar-refractivity contribution < 1.29 is 8.42 Å². The first-order chi connectivity index (χ1) is 14.8. The van der Waals surface area contributed by atoms with E-state index in [1.54, 1.807) is 24.2 Å². The van der Waals surface area contributed by atoms with Gasteiger partial charge in [0.25, 0.3) is 10.0 Å². The first-order valence-corrected chi connectivity index (χ1v) is 11.8. The van der Waals surface area contributed by atoms with Crippen LogP contribution in [0.15, 0.2) is 41.7 Å². The van der Waals surface area contributed by atoms with Crippen LogP contribution in [0.5, 0.6) is 0 Å². The van der Waals surface area contributed by atoms with Gasteiger partial charge in [-0.2, -0.15) is 0 Å². The number of anilines is 2. The van der Waals surface area contributed by atoms with Crippen molar-refractivity contribution in [1.29, 1.82) is 0 Å².